The third-order valence-corrected chi connectivity index (χ3v) is 7.56. The number of sulfonamides is 1. The van der Waals surface area contributed by atoms with Crippen LogP contribution in [-0.4, -0.2) is 38.6 Å². The summed E-state index contributed by atoms with van der Waals surface area (Å²) in [5.74, 6) is -0.183. The van der Waals surface area contributed by atoms with Crippen molar-refractivity contribution in [3.8, 4) is 0 Å². The van der Waals surface area contributed by atoms with E-state index in [4.69, 9.17) is 0 Å². The minimum atomic E-state index is -3.49. The monoisotopic (exact) mass is 491 g/mol. The average molecular weight is 492 g/mol. The van der Waals surface area contributed by atoms with Crippen LogP contribution in [0, 0.1) is 6.92 Å². The molecule has 1 saturated heterocycles. The van der Waals surface area contributed by atoms with Gasteiger partial charge in [0.05, 0.1) is 18.5 Å². The van der Waals surface area contributed by atoms with Gasteiger partial charge in [0.2, 0.25) is 10.0 Å². The van der Waals surface area contributed by atoms with Gasteiger partial charge < -0.3 is 5.32 Å². The maximum Gasteiger partial charge on any atom is 0.251 e. The summed E-state index contributed by atoms with van der Waals surface area (Å²) in [6, 6.07) is 22.7. The predicted octanol–water partition coefficient (Wildman–Crippen LogP) is 4.49. The fourth-order valence-corrected chi connectivity index (χ4v) is 5.27. The van der Waals surface area contributed by atoms with Crippen LogP contribution in [-0.2, 0) is 29.7 Å². The Kier molecular flexibility index (Phi) is 7.88. The van der Waals surface area contributed by atoms with E-state index >= 15 is 0 Å². The number of nitrogens with one attached hydrogen (secondary N) is 1. The molecule has 1 fully saturated rings. The lowest BCUT2D eigenvalue weighted by Crippen LogP contribution is -2.29. The number of nitrogens with zero attached hydrogens (tertiary/aromatic N) is 2. The highest BCUT2D eigenvalue weighted by atomic mass is 32.2. The van der Waals surface area contributed by atoms with E-state index in [1.807, 2.05) is 43.3 Å². The number of hydrogen-bond donors (Lipinski definition) is 1. The first-order valence-corrected chi connectivity index (χ1v) is 13.8. The fourth-order valence-electron chi connectivity index (χ4n) is 4.38. The summed E-state index contributed by atoms with van der Waals surface area (Å²) in [6.45, 7) is 5.84. The van der Waals surface area contributed by atoms with Gasteiger partial charge in [-0.15, -0.1) is 0 Å². The zero-order valence-corrected chi connectivity index (χ0v) is 21.2. The SMILES string of the molecule is Cc1ccc(CN(c2ccc(C(=O)NCc3ccccc3CN3CCCC3)cc2)S(C)(=O)=O)cc1. The first-order chi connectivity index (χ1) is 16.8. The van der Waals surface area contributed by atoms with Gasteiger partial charge in [0.1, 0.15) is 0 Å². The van der Waals surface area contributed by atoms with E-state index in [2.05, 4.69) is 22.3 Å². The molecule has 35 heavy (non-hydrogen) atoms. The third-order valence-electron chi connectivity index (χ3n) is 6.42. The largest absolute Gasteiger partial charge is 0.348 e. The molecule has 0 aliphatic carbocycles. The predicted molar refractivity (Wildman–Crippen MR) is 141 cm³/mol. The van der Waals surface area contributed by atoms with Crippen molar-refractivity contribution in [3.05, 3.63) is 101 Å². The van der Waals surface area contributed by atoms with Crippen molar-refractivity contribution >= 4 is 21.6 Å². The Bertz CT molecular complexity index is 1250. The minimum Gasteiger partial charge on any atom is -0.348 e. The van der Waals surface area contributed by atoms with Crippen LogP contribution in [0.2, 0.25) is 0 Å². The van der Waals surface area contributed by atoms with E-state index in [0.717, 1.165) is 36.3 Å². The van der Waals surface area contributed by atoms with Crippen LogP contribution in [0.3, 0.4) is 0 Å². The highest BCUT2D eigenvalue weighted by molar-refractivity contribution is 7.92. The molecule has 1 heterocycles. The molecule has 0 bridgehead atoms. The molecule has 0 radical (unpaired) electrons. The number of carbonyl (C=O) groups is 1. The number of benzene rings is 3. The molecule has 0 unspecified atom stereocenters. The Morgan fingerprint density at radius 3 is 2.17 bits per heavy atom. The molecule has 7 heteroatoms. The summed E-state index contributed by atoms with van der Waals surface area (Å²) in [7, 11) is -3.49. The van der Waals surface area contributed by atoms with E-state index in [-0.39, 0.29) is 12.5 Å². The van der Waals surface area contributed by atoms with E-state index in [1.54, 1.807) is 24.3 Å². The number of rotatable bonds is 9. The maximum absolute atomic E-state index is 12.8. The van der Waals surface area contributed by atoms with Crippen LogP contribution in [0.4, 0.5) is 5.69 Å². The summed E-state index contributed by atoms with van der Waals surface area (Å²) >= 11 is 0. The van der Waals surface area contributed by atoms with Crippen molar-refractivity contribution in [1.82, 2.24) is 10.2 Å². The number of likely N-dealkylation sites (tertiary alicyclic amines) is 1. The summed E-state index contributed by atoms with van der Waals surface area (Å²) in [5.41, 5.74) is 5.40. The normalized spacial score (nSPS) is 14.1. The smallest absolute Gasteiger partial charge is 0.251 e. The number of aryl methyl sites for hydroxylation is 1. The molecule has 0 aromatic heterocycles. The Balaban J connectivity index is 1.42. The zero-order chi connectivity index (χ0) is 24.8. The lowest BCUT2D eigenvalue weighted by Gasteiger charge is -2.23. The van der Waals surface area contributed by atoms with Crippen LogP contribution >= 0.6 is 0 Å². The molecule has 1 aliphatic heterocycles. The summed E-state index contributed by atoms with van der Waals surface area (Å²) in [5, 5.41) is 3.02. The van der Waals surface area contributed by atoms with Gasteiger partial charge in [-0.3, -0.25) is 14.0 Å². The molecule has 0 atom stereocenters. The molecule has 0 spiro atoms. The molecule has 6 nitrogen and oxygen atoms in total. The minimum absolute atomic E-state index is 0.183. The van der Waals surface area contributed by atoms with Crippen LogP contribution in [0.25, 0.3) is 0 Å². The molecule has 1 amide bonds. The first kappa shape index (κ1) is 24.9. The second-order valence-electron chi connectivity index (χ2n) is 9.24. The van der Waals surface area contributed by atoms with E-state index < -0.39 is 10.0 Å². The molecule has 3 aromatic rings. The Labute approximate surface area is 208 Å². The lowest BCUT2D eigenvalue weighted by atomic mass is 10.1. The summed E-state index contributed by atoms with van der Waals surface area (Å²) < 4.78 is 26.3. The van der Waals surface area contributed by atoms with Gasteiger partial charge in [0.15, 0.2) is 0 Å². The molecule has 3 aromatic carbocycles. The second kappa shape index (κ2) is 11.1. The van der Waals surface area contributed by atoms with E-state index in [0.29, 0.717) is 17.8 Å². The van der Waals surface area contributed by atoms with E-state index in [1.165, 1.54) is 29.0 Å². The zero-order valence-electron chi connectivity index (χ0n) is 20.4. The second-order valence-corrected chi connectivity index (χ2v) is 11.1. The van der Waals surface area contributed by atoms with Crippen molar-refractivity contribution in [2.75, 3.05) is 23.7 Å². The molecule has 4 rings (SSSR count). The average Bonchev–Trinajstić information content (AvgIpc) is 3.35. The van der Waals surface area contributed by atoms with Gasteiger partial charge in [0, 0.05) is 18.7 Å². The number of hydrogen-bond acceptors (Lipinski definition) is 4. The number of anilines is 1. The van der Waals surface area contributed by atoms with Crippen molar-refractivity contribution in [2.24, 2.45) is 0 Å². The Morgan fingerprint density at radius 2 is 1.54 bits per heavy atom. The summed E-state index contributed by atoms with van der Waals surface area (Å²) in [6.07, 6.45) is 3.69. The van der Waals surface area contributed by atoms with Crippen molar-refractivity contribution < 1.29 is 13.2 Å². The van der Waals surface area contributed by atoms with Gasteiger partial charge >= 0.3 is 0 Å². The van der Waals surface area contributed by atoms with Crippen LogP contribution in [0.15, 0.2) is 72.8 Å². The van der Waals surface area contributed by atoms with Gasteiger partial charge in [-0.05, 0) is 73.8 Å². The molecule has 184 valence electrons. The van der Waals surface area contributed by atoms with Gasteiger partial charge in [-0.25, -0.2) is 8.42 Å². The van der Waals surface area contributed by atoms with Gasteiger partial charge in [0.25, 0.3) is 5.91 Å². The highest BCUT2D eigenvalue weighted by Crippen LogP contribution is 2.22. The molecule has 0 saturated carbocycles. The quantitative estimate of drug-likeness (QED) is 0.479. The van der Waals surface area contributed by atoms with Gasteiger partial charge in [-0.2, -0.15) is 0 Å². The molecule has 1 aliphatic rings. The molecular weight excluding hydrogens is 458 g/mol. The maximum atomic E-state index is 12.8. The van der Waals surface area contributed by atoms with Crippen LogP contribution in [0.1, 0.15) is 45.5 Å². The number of amides is 1. The topological polar surface area (TPSA) is 69.7 Å². The van der Waals surface area contributed by atoms with Crippen LogP contribution in [0.5, 0.6) is 0 Å². The van der Waals surface area contributed by atoms with Crippen molar-refractivity contribution in [3.63, 3.8) is 0 Å². The molecular formula is C28H33N3O3S. The Morgan fingerprint density at radius 1 is 0.914 bits per heavy atom. The van der Waals surface area contributed by atoms with Crippen molar-refractivity contribution in [2.45, 2.75) is 39.4 Å². The van der Waals surface area contributed by atoms with Gasteiger partial charge in [-0.1, -0.05) is 54.1 Å². The number of carbonyl (C=O) groups excluding carboxylic acids is 1. The van der Waals surface area contributed by atoms with Crippen molar-refractivity contribution in [1.29, 1.82) is 0 Å². The third kappa shape index (κ3) is 6.71. The van der Waals surface area contributed by atoms with E-state index in [9.17, 15) is 13.2 Å². The highest BCUT2D eigenvalue weighted by Gasteiger charge is 2.19. The molecule has 1 N–H and O–H groups in total. The first-order valence-electron chi connectivity index (χ1n) is 12.0. The fraction of sp³-hybridized carbons (Fsp3) is 0.321. The Hall–Kier alpha value is -3.16. The lowest BCUT2D eigenvalue weighted by molar-refractivity contribution is 0.0950. The standard InChI is InChI=1S/C28H33N3O3S/c1-22-9-11-23(12-10-22)20-31(35(2,33)34)27-15-13-24(14-16-27)28(32)29-19-25-7-3-4-8-26(25)21-30-17-5-6-18-30/h3-4,7-16H,5-6,17-21H2,1-2H3,(H,29,32). The summed E-state index contributed by atoms with van der Waals surface area (Å²) in [4.78, 5) is 15.3. The van der Waals surface area contributed by atoms with Crippen LogP contribution < -0.4 is 9.62 Å².